The molecule has 3 heteroatoms. The molecule has 2 nitrogen and oxygen atoms in total. The highest BCUT2D eigenvalue weighted by Crippen LogP contribution is 2.01. The van der Waals surface area contributed by atoms with E-state index >= 15 is 0 Å². The molecule has 2 aromatic carbocycles. The van der Waals surface area contributed by atoms with Gasteiger partial charge in [-0.05, 0) is 11.5 Å². The number of benzene rings is 2. The van der Waals surface area contributed by atoms with Gasteiger partial charge in [0.2, 0.25) is 10.3 Å². The topological polar surface area (TPSA) is 34.1 Å². The highest BCUT2D eigenvalue weighted by atomic mass is 32.2. The van der Waals surface area contributed by atoms with Crippen molar-refractivity contribution in [2.24, 2.45) is 0 Å². The minimum Gasteiger partial charge on any atom is -0.183 e. The van der Waals surface area contributed by atoms with Crippen molar-refractivity contribution in [3.63, 3.8) is 0 Å². The molecule has 19 heavy (non-hydrogen) atoms. The molecule has 0 amide bonds. The minimum atomic E-state index is -2.32. The van der Waals surface area contributed by atoms with Crippen LogP contribution in [0.25, 0.3) is 0 Å². The molecule has 2 aromatic rings. The van der Waals surface area contributed by atoms with Crippen LogP contribution in [0.3, 0.4) is 0 Å². The fourth-order valence-electron chi connectivity index (χ4n) is 1.62. The van der Waals surface area contributed by atoms with Crippen molar-refractivity contribution in [2.75, 3.05) is 0 Å². The molecule has 2 rings (SSSR count). The maximum Gasteiger partial charge on any atom is 0.230 e. The lowest BCUT2D eigenvalue weighted by Crippen LogP contribution is -1.98. The number of rotatable bonds is 2. The zero-order valence-electron chi connectivity index (χ0n) is 10.2. The van der Waals surface area contributed by atoms with Crippen LogP contribution in [0, 0.1) is 11.8 Å². The van der Waals surface area contributed by atoms with E-state index in [1.54, 1.807) is 24.3 Å². The lowest BCUT2D eigenvalue weighted by molar-refractivity contribution is 0.627. The smallest absolute Gasteiger partial charge is 0.183 e. The van der Waals surface area contributed by atoms with E-state index in [0.29, 0.717) is 12.0 Å². The molecule has 0 atom stereocenters. The molecule has 94 valence electrons. The van der Waals surface area contributed by atoms with Crippen molar-refractivity contribution in [3.8, 4) is 11.8 Å². The first-order valence-corrected chi connectivity index (χ1v) is 6.89. The molecule has 0 heterocycles. The van der Waals surface area contributed by atoms with E-state index in [0.717, 1.165) is 5.56 Å². The van der Waals surface area contributed by atoms with E-state index in [-0.39, 0.29) is 4.86 Å². The Morgan fingerprint density at radius 3 is 2.05 bits per heavy atom. The van der Waals surface area contributed by atoms with Crippen molar-refractivity contribution in [3.05, 3.63) is 71.8 Å². The first-order chi connectivity index (χ1) is 9.27. The standard InChI is InChI=1S/C16H12O2S/c17-19(18)16(15-11-5-2-6-12-15)13-7-10-14-8-3-1-4-9-14/h1-6,8-9,11-12H,10H2. The second kappa shape index (κ2) is 6.58. The van der Waals surface area contributed by atoms with E-state index < -0.39 is 10.3 Å². The average molecular weight is 268 g/mol. The third-order valence-electron chi connectivity index (χ3n) is 2.54. The summed E-state index contributed by atoms with van der Waals surface area (Å²) >= 11 is 0. The predicted molar refractivity (Wildman–Crippen MR) is 77.4 cm³/mol. The highest BCUT2D eigenvalue weighted by Gasteiger charge is 2.00. The first kappa shape index (κ1) is 13.1. The molecule has 0 fully saturated rings. The third kappa shape index (κ3) is 3.84. The zero-order chi connectivity index (χ0) is 13.5. The van der Waals surface area contributed by atoms with Gasteiger partial charge in [0.05, 0.1) is 0 Å². The molecular formula is C16H12O2S. The molecule has 0 aliphatic heterocycles. The average Bonchev–Trinajstić information content (AvgIpc) is 2.45. The summed E-state index contributed by atoms with van der Waals surface area (Å²) in [6.07, 6.45) is 0.536. The number of hydrogen-bond donors (Lipinski definition) is 0. The molecule has 0 unspecified atom stereocenters. The lowest BCUT2D eigenvalue weighted by Gasteiger charge is -1.94. The van der Waals surface area contributed by atoms with Crippen LogP contribution in [0.5, 0.6) is 0 Å². The van der Waals surface area contributed by atoms with E-state index in [9.17, 15) is 8.42 Å². The Balaban J connectivity index is 2.24. The van der Waals surface area contributed by atoms with Crippen molar-refractivity contribution in [1.82, 2.24) is 0 Å². The number of hydrogen-bond acceptors (Lipinski definition) is 2. The maximum atomic E-state index is 11.2. The van der Waals surface area contributed by atoms with Crippen LogP contribution in [0.1, 0.15) is 11.1 Å². The van der Waals surface area contributed by atoms with Crippen LogP contribution in [-0.4, -0.2) is 13.3 Å². The normalized spacial score (nSPS) is 9.26. The zero-order valence-corrected chi connectivity index (χ0v) is 11.0. The fraction of sp³-hybridized carbons (Fsp3) is 0.0625. The SMILES string of the molecule is O=S(=O)=C(C#CCc1ccccc1)c1ccccc1. The molecule has 0 radical (unpaired) electrons. The highest BCUT2D eigenvalue weighted by molar-refractivity contribution is 7.74. The van der Waals surface area contributed by atoms with Crippen LogP contribution in [-0.2, 0) is 16.7 Å². The molecule has 0 bridgehead atoms. The second-order valence-electron chi connectivity index (χ2n) is 3.89. The molecular weight excluding hydrogens is 256 g/mol. The summed E-state index contributed by atoms with van der Waals surface area (Å²) in [6, 6.07) is 18.6. The summed E-state index contributed by atoms with van der Waals surface area (Å²) in [5.74, 6) is 5.64. The van der Waals surface area contributed by atoms with Gasteiger partial charge in [-0.25, -0.2) is 0 Å². The predicted octanol–water partition coefficient (Wildman–Crippen LogP) is 2.33. The van der Waals surface area contributed by atoms with E-state index in [4.69, 9.17) is 0 Å². The molecule has 0 saturated carbocycles. The summed E-state index contributed by atoms with van der Waals surface area (Å²) in [5.41, 5.74) is 1.69. The van der Waals surface area contributed by atoms with Crippen LogP contribution >= 0.6 is 0 Å². The van der Waals surface area contributed by atoms with Crippen molar-refractivity contribution in [1.29, 1.82) is 0 Å². The van der Waals surface area contributed by atoms with Gasteiger partial charge in [-0.1, -0.05) is 66.6 Å². The summed E-state index contributed by atoms with van der Waals surface area (Å²) in [5, 5.41) is 0. The van der Waals surface area contributed by atoms with Gasteiger partial charge in [-0.15, -0.1) is 0 Å². The van der Waals surface area contributed by atoms with Crippen molar-refractivity contribution >= 4 is 15.2 Å². The largest absolute Gasteiger partial charge is 0.230 e. The van der Waals surface area contributed by atoms with Crippen molar-refractivity contribution in [2.45, 2.75) is 6.42 Å². The molecule has 0 N–H and O–H groups in total. The quantitative estimate of drug-likeness (QED) is 0.476. The summed E-state index contributed by atoms with van der Waals surface area (Å²) < 4.78 is 22.4. The van der Waals surface area contributed by atoms with Gasteiger partial charge in [-0.3, -0.25) is 0 Å². The van der Waals surface area contributed by atoms with Crippen LogP contribution in [0.15, 0.2) is 60.7 Å². The molecule has 0 spiro atoms. The Kier molecular flexibility index (Phi) is 4.54. The fourth-order valence-corrected chi connectivity index (χ4v) is 2.11. The van der Waals surface area contributed by atoms with Crippen molar-refractivity contribution < 1.29 is 8.42 Å². The lowest BCUT2D eigenvalue weighted by atomic mass is 10.1. The van der Waals surface area contributed by atoms with E-state index in [1.165, 1.54) is 0 Å². The Morgan fingerprint density at radius 2 is 1.47 bits per heavy atom. The van der Waals surface area contributed by atoms with Gasteiger partial charge >= 0.3 is 0 Å². The van der Waals surface area contributed by atoms with Gasteiger partial charge < -0.3 is 0 Å². The summed E-state index contributed by atoms with van der Waals surface area (Å²) in [4.78, 5) is 0.136. The van der Waals surface area contributed by atoms with Gasteiger partial charge in [-0.2, -0.15) is 8.42 Å². The molecule has 0 saturated heterocycles. The Morgan fingerprint density at radius 1 is 0.895 bits per heavy atom. The van der Waals surface area contributed by atoms with Crippen LogP contribution in [0.4, 0.5) is 0 Å². The molecule has 0 aliphatic carbocycles. The van der Waals surface area contributed by atoms with Gasteiger partial charge in [0.25, 0.3) is 0 Å². The second-order valence-corrected chi connectivity index (χ2v) is 4.77. The first-order valence-electron chi connectivity index (χ1n) is 5.82. The van der Waals surface area contributed by atoms with E-state index in [1.807, 2.05) is 36.4 Å². The van der Waals surface area contributed by atoms with Gasteiger partial charge in [0, 0.05) is 12.0 Å². The maximum absolute atomic E-state index is 11.2. The summed E-state index contributed by atoms with van der Waals surface area (Å²) in [6.45, 7) is 0. The van der Waals surface area contributed by atoms with Gasteiger partial charge in [0.1, 0.15) is 0 Å². The van der Waals surface area contributed by atoms with E-state index in [2.05, 4.69) is 11.8 Å². The summed E-state index contributed by atoms with van der Waals surface area (Å²) in [7, 11) is -2.32. The Bertz CT molecular complexity index is 726. The third-order valence-corrected chi connectivity index (χ3v) is 3.21. The van der Waals surface area contributed by atoms with Gasteiger partial charge in [0.15, 0.2) is 4.86 Å². The van der Waals surface area contributed by atoms with Crippen LogP contribution in [0.2, 0.25) is 0 Å². The molecule has 0 aliphatic rings. The minimum absolute atomic E-state index is 0.136. The Hall–Kier alpha value is -2.31. The van der Waals surface area contributed by atoms with Crippen LogP contribution < -0.4 is 0 Å². The molecule has 0 aromatic heterocycles. The monoisotopic (exact) mass is 268 g/mol. The Labute approximate surface area is 114 Å².